The average molecular weight is 580 g/mol. The maximum atomic E-state index is 13.6. The van der Waals surface area contributed by atoms with Gasteiger partial charge in [-0.15, -0.1) is 23.1 Å². The number of nitrogens with two attached hydrogens (primary N) is 3. The molecule has 5 atom stereocenters. The highest BCUT2D eigenvalue weighted by Crippen LogP contribution is 2.41. The van der Waals surface area contributed by atoms with Gasteiger partial charge >= 0.3 is 0 Å². The zero-order chi connectivity index (χ0) is 28.2. The number of nitrogens with zero attached hydrogens (tertiary/aromatic N) is 3. The van der Waals surface area contributed by atoms with Crippen LogP contribution in [0.25, 0.3) is 10.2 Å². The second kappa shape index (κ2) is 12.4. The molecule has 5 rings (SSSR count). The van der Waals surface area contributed by atoms with Gasteiger partial charge in [0.2, 0.25) is 17.6 Å². The minimum atomic E-state index is -0.826. The summed E-state index contributed by atoms with van der Waals surface area (Å²) >= 11 is 2.95. The number of carbonyl (C=O) groups is 3. The Morgan fingerprint density at radius 1 is 1.10 bits per heavy atom. The Balaban J connectivity index is 1.29. The number of hydrogen-bond donors (Lipinski definition) is 4. The van der Waals surface area contributed by atoms with Crippen LogP contribution in [0.1, 0.15) is 41.0 Å². The van der Waals surface area contributed by atoms with E-state index in [1.54, 1.807) is 16.7 Å². The number of amides is 2. The van der Waals surface area contributed by atoms with Crippen molar-refractivity contribution in [3.8, 4) is 0 Å². The molecule has 0 bridgehead atoms. The molecular weight excluding hydrogens is 546 g/mol. The van der Waals surface area contributed by atoms with E-state index in [9.17, 15) is 14.4 Å². The summed E-state index contributed by atoms with van der Waals surface area (Å²) in [6, 6.07) is 15.3. The predicted molar refractivity (Wildman–Crippen MR) is 159 cm³/mol. The van der Waals surface area contributed by atoms with Crippen molar-refractivity contribution in [2.75, 3.05) is 6.54 Å². The van der Waals surface area contributed by atoms with Crippen molar-refractivity contribution >= 4 is 56.9 Å². The molecule has 5 unspecified atom stereocenters. The van der Waals surface area contributed by atoms with E-state index in [0.29, 0.717) is 43.7 Å². The quantitative estimate of drug-likeness (QED) is 0.122. The molecule has 2 aliphatic heterocycles. The van der Waals surface area contributed by atoms with Crippen LogP contribution in [0.5, 0.6) is 0 Å². The Hall–Kier alpha value is -3.48. The van der Waals surface area contributed by atoms with Gasteiger partial charge in [-0.1, -0.05) is 42.5 Å². The first-order chi connectivity index (χ1) is 19.3. The zero-order valence-corrected chi connectivity index (χ0v) is 23.6. The summed E-state index contributed by atoms with van der Waals surface area (Å²) in [6.07, 6.45) is 2.70. The van der Waals surface area contributed by atoms with Crippen LogP contribution in [0.15, 0.2) is 59.6 Å². The van der Waals surface area contributed by atoms with Crippen LogP contribution in [0.2, 0.25) is 0 Å². The summed E-state index contributed by atoms with van der Waals surface area (Å²) in [5.41, 5.74) is 19.2. The first-order valence-corrected chi connectivity index (χ1v) is 15.1. The SMILES string of the molecule is NC(N)=NCCCC(NC(=O)C1CCC2SC(Cc3ccccc3)C(N)C(=O)N21)C(=O)c1nc2ccccc2s1. The van der Waals surface area contributed by atoms with Gasteiger partial charge in [-0.05, 0) is 49.8 Å². The topological polar surface area (TPSA) is 170 Å². The van der Waals surface area contributed by atoms with Gasteiger partial charge in [0, 0.05) is 11.8 Å². The average Bonchev–Trinajstić information content (AvgIpc) is 3.58. The van der Waals surface area contributed by atoms with Crippen LogP contribution in [-0.2, 0) is 16.0 Å². The number of benzene rings is 2. The molecule has 10 nitrogen and oxygen atoms in total. The molecule has 1 aromatic heterocycles. The number of aliphatic imine (C=N–C) groups is 1. The molecule has 2 fully saturated rings. The number of thioether (sulfide) groups is 1. The molecule has 7 N–H and O–H groups in total. The van der Waals surface area contributed by atoms with Crippen molar-refractivity contribution in [1.82, 2.24) is 15.2 Å². The summed E-state index contributed by atoms with van der Waals surface area (Å²) in [5.74, 6) is -0.874. The predicted octanol–water partition coefficient (Wildman–Crippen LogP) is 2.02. The molecule has 0 radical (unpaired) electrons. The molecule has 3 heterocycles. The first-order valence-electron chi connectivity index (χ1n) is 13.3. The Bertz CT molecular complexity index is 1380. The molecule has 40 heavy (non-hydrogen) atoms. The molecular formula is C28H33N7O3S2. The standard InChI is InChI=1S/C28H33N7O3S2/c29-23-21(15-16-7-2-1-3-8-16)39-22-13-12-19(35(22)27(23)38)25(37)33-18(10-6-14-32-28(30)31)24(36)26-34-17-9-4-5-11-20(17)40-26/h1-5,7-9,11,18-19,21-23H,6,10,12-15,29H2,(H,33,37)(H4,30,31,32). The maximum absolute atomic E-state index is 13.6. The van der Waals surface area contributed by atoms with Crippen molar-refractivity contribution < 1.29 is 14.4 Å². The minimum Gasteiger partial charge on any atom is -0.370 e. The molecule has 0 spiro atoms. The summed E-state index contributed by atoms with van der Waals surface area (Å²) < 4.78 is 0.894. The van der Waals surface area contributed by atoms with Gasteiger partial charge in [-0.25, -0.2) is 4.98 Å². The number of thiazole rings is 1. The number of aromatic nitrogens is 1. The van der Waals surface area contributed by atoms with Gasteiger partial charge in [0.1, 0.15) is 6.04 Å². The number of Topliss-reactive ketones (excluding diaryl/α,β-unsaturated/α-hetero) is 1. The molecule has 0 saturated carbocycles. The Morgan fingerprint density at radius 3 is 2.60 bits per heavy atom. The van der Waals surface area contributed by atoms with Crippen LogP contribution >= 0.6 is 23.1 Å². The van der Waals surface area contributed by atoms with Crippen LogP contribution in [0.4, 0.5) is 0 Å². The van der Waals surface area contributed by atoms with Crippen LogP contribution < -0.4 is 22.5 Å². The lowest BCUT2D eigenvalue weighted by molar-refractivity contribution is -0.140. The normalized spacial score (nSPS) is 23.0. The summed E-state index contributed by atoms with van der Waals surface area (Å²) in [6.45, 7) is 0.326. The molecule has 2 aliphatic rings. The number of nitrogens with one attached hydrogen (secondary N) is 1. The number of fused-ring (bicyclic) bond motifs is 2. The highest BCUT2D eigenvalue weighted by atomic mass is 32.2. The highest BCUT2D eigenvalue weighted by Gasteiger charge is 2.49. The number of ketones is 1. The van der Waals surface area contributed by atoms with E-state index < -0.39 is 18.1 Å². The molecule has 0 aliphatic carbocycles. The van der Waals surface area contributed by atoms with Crippen molar-refractivity contribution in [2.45, 2.75) is 60.9 Å². The molecule has 210 valence electrons. The van der Waals surface area contributed by atoms with Gasteiger partial charge in [-0.3, -0.25) is 19.4 Å². The highest BCUT2D eigenvalue weighted by molar-refractivity contribution is 8.00. The Kier molecular flexibility index (Phi) is 8.67. The van der Waals surface area contributed by atoms with Crippen LogP contribution in [0, 0.1) is 0 Å². The summed E-state index contributed by atoms with van der Waals surface area (Å²) in [5, 5.41) is 3.06. The number of rotatable bonds is 10. The van der Waals surface area contributed by atoms with Crippen molar-refractivity contribution in [2.24, 2.45) is 22.2 Å². The fraction of sp³-hybridized carbons (Fsp3) is 0.393. The van der Waals surface area contributed by atoms with E-state index in [0.717, 1.165) is 15.8 Å². The molecule has 12 heteroatoms. The second-order valence-electron chi connectivity index (χ2n) is 10.0. The van der Waals surface area contributed by atoms with Gasteiger partial charge in [0.15, 0.2) is 11.0 Å². The second-order valence-corrected chi connectivity index (χ2v) is 12.5. The van der Waals surface area contributed by atoms with Gasteiger partial charge in [-0.2, -0.15) is 0 Å². The molecule has 2 amide bonds. The largest absolute Gasteiger partial charge is 0.370 e. The van der Waals surface area contributed by atoms with E-state index in [2.05, 4.69) is 15.3 Å². The minimum absolute atomic E-state index is 0.0295. The van der Waals surface area contributed by atoms with Gasteiger partial charge in [0.05, 0.1) is 27.7 Å². The molecule has 2 aromatic carbocycles. The Morgan fingerprint density at radius 2 is 1.85 bits per heavy atom. The van der Waals surface area contributed by atoms with E-state index in [-0.39, 0.29) is 34.2 Å². The lowest BCUT2D eigenvalue weighted by atomic mass is 10.0. The fourth-order valence-corrected chi connectivity index (χ4v) is 7.86. The van der Waals surface area contributed by atoms with E-state index in [1.807, 2.05) is 54.6 Å². The summed E-state index contributed by atoms with van der Waals surface area (Å²) in [4.78, 5) is 50.7. The van der Waals surface area contributed by atoms with Gasteiger partial charge < -0.3 is 27.4 Å². The summed E-state index contributed by atoms with van der Waals surface area (Å²) in [7, 11) is 0. The molecule has 2 saturated heterocycles. The number of hydrogen-bond acceptors (Lipinski definition) is 8. The van der Waals surface area contributed by atoms with E-state index in [4.69, 9.17) is 17.2 Å². The van der Waals surface area contributed by atoms with E-state index in [1.165, 1.54) is 11.3 Å². The van der Waals surface area contributed by atoms with Gasteiger partial charge in [0.25, 0.3) is 0 Å². The van der Waals surface area contributed by atoms with Crippen molar-refractivity contribution in [3.63, 3.8) is 0 Å². The number of carbonyl (C=O) groups excluding carboxylic acids is 3. The van der Waals surface area contributed by atoms with E-state index >= 15 is 0 Å². The zero-order valence-electron chi connectivity index (χ0n) is 21.9. The molecule has 3 aromatic rings. The smallest absolute Gasteiger partial charge is 0.243 e. The monoisotopic (exact) mass is 579 g/mol. The maximum Gasteiger partial charge on any atom is 0.243 e. The Labute approximate surface area is 240 Å². The number of para-hydroxylation sites is 1. The van der Waals surface area contributed by atoms with Crippen molar-refractivity contribution in [1.29, 1.82) is 0 Å². The fourth-order valence-electron chi connectivity index (χ4n) is 5.27. The van der Waals surface area contributed by atoms with Crippen LogP contribution in [0.3, 0.4) is 0 Å². The number of guanidine groups is 1. The van der Waals surface area contributed by atoms with Crippen LogP contribution in [-0.4, -0.2) is 68.7 Å². The lowest BCUT2D eigenvalue weighted by Crippen LogP contribution is -2.60. The third kappa shape index (κ3) is 6.13. The lowest BCUT2D eigenvalue weighted by Gasteiger charge is -2.40. The third-order valence-corrected chi connectivity index (χ3v) is 9.91. The van der Waals surface area contributed by atoms with Crippen molar-refractivity contribution in [3.05, 3.63) is 65.2 Å². The third-order valence-electron chi connectivity index (χ3n) is 7.27. The first kappa shape index (κ1) is 28.1.